The van der Waals surface area contributed by atoms with Crippen molar-refractivity contribution in [1.82, 2.24) is 15.3 Å². The van der Waals surface area contributed by atoms with Crippen molar-refractivity contribution >= 4 is 29.3 Å². The van der Waals surface area contributed by atoms with Crippen LogP contribution >= 0.6 is 0 Å². The first-order valence-corrected chi connectivity index (χ1v) is 10.9. The van der Waals surface area contributed by atoms with Crippen LogP contribution in [0.4, 0.5) is 17.5 Å². The molecule has 166 valence electrons. The van der Waals surface area contributed by atoms with Crippen LogP contribution in [0.2, 0.25) is 0 Å². The lowest BCUT2D eigenvalue weighted by Gasteiger charge is -2.23. The van der Waals surface area contributed by atoms with Crippen LogP contribution in [0.5, 0.6) is 0 Å². The summed E-state index contributed by atoms with van der Waals surface area (Å²) in [7, 11) is 0. The number of rotatable bonds is 6. The molecule has 4 rings (SSSR count). The van der Waals surface area contributed by atoms with Crippen LogP contribution in [0, 0.1) is 16.7 Å². The summed E-state index contributed by atoms with van der Waals surface area (Å²) in [5, 5.41) is 15.6. The van der Waals surface area contributed by atoms with Crippen LogP contribution in [0.3, 0.4) is 0 Å². The van der Waals surface area contributed by atoms with Crippen LogP contribution in [-0.2, 0) is 9.53 Å². The molecule has 2 fully saturated rings. The van der Waals surface area contributed by atoms with Gasteiger partial charge in [0.05, 0.1) is 6.07 Å². The Morgan fingerprint density at radius 3 is 2.69 bits per heavy atom. The van der Waals surface area contributed by atoms with Gasteiger partial charge >= 0.3 is 0 Å². The van der Waals surface area contributed by atoms with Gasteiger partial charge in [0.15, 0.2) is 0 Å². The van der Waals surface area contributed by atoms with Gasteiger partial charge in [-0.3, -0.25) is 14.5 Å². The average molecular weight is 435 g/mol. The van der Waals surface area contributed by atoms with Crippen molar-refractivity contribution in [2.75, 3.05) is 30.0 Å². The molecule has 0 bridgehead atoms. The van der Waals surface area contributed by atoms with Crippen molar-refractivity contribution in [3.05, 3.63) is 42.1 Å². The molecule has 2 saturated heterocycles. The molecule has 1 atom stereocenters. The second-order valence-corrected chi connectivity index (χ2v) is 8.06. The molecule has 2 aliphatic rings. The third-order valence-electron chi connectivity index (χ3n) is 6.11. The largest absolute Gasteiger partial charge is 0.381 e. The SMILES string of the molecule is CC[C@]1(C#N)CCN(c2ccnc(Nc3ccc(C(=O)NC4CCOCC4)cc3)n2)C1=O. The van der Waals surface area contributed by atoms with E-state index in [9.17, 15) is 14.9 Å². The maximum Gasteiger partial charge on any atom is 0.251 e. The summed E-state index contributed by atoms with van der Waals surface area (Å²) in [5.41, 5.74) is 0.323. The molecule has 1 aromatic heterocycles. The molecule has 1 aromatic carbocycles. The zero-order chi connectivity index (χ0) is 22.6. The van der Waals surface area contributed by atoms with Gasteiger partial charge in [0.1, 0.15) is 11.2 Å². The first-order chi connectivity index (χ1) is 15.5. The average Bonchev–Trinajstić information content (AvgIpc) is 3.17. The molecule has 9 heteroatoms. The number of carbonyl (C=O) groups excluding carboxylic acids is 2. The first kappa shape index (κ1) is 21.7. The predicted molar refractivity (Wildman–Crippen MR) is 118 cm³/mol. The highest BCUT2D eigenvalue weighted by atomic mass is 16.5. The molecule has 0 spiro atoms. The number of nitriles is 1. The van der Waals surface area contributed by atoms with Gasteiger partial charge in [-0.25, -0.2) is 4.98 Å². The molecule has 9 nitrogen and oxygen atoms in total. The number of nitrogens with zero attached hydrogens (tertiary/aromatic N) is 4. The van der Waals surface area contributed by atoms with Crippen molar-refractivity contribution in [1.29, 1.82) is 5.26 Å². The molecule has 0 saturated carbocycles. The second-order valence-electron chi connectivity index (χ2n) is 8.06. The standard InChI is InChI=1S/C23H26N6O3/c1-2-23(15-24)10-12-29(21(23)31)19-7-11-25-22(28-19)27-17-5-3-16(4-6-17)20(30)26-18-8-13-32-14-9-18/h3-7,11,18H,2,8-10,12-14H2,1H3,(H,26,30)(H,25,27,28)/t23-/m1/s1. The van der Waals surface area contributed by atoms with E-state index in [1.807, 2.05) is 6.92 Å². The molecular weight excluding hydrogens is 408 g/mol. The first-order valence-electron chi connectivity index (χ1n) is 10.9. The Kier molecular flexibility index (Phi) is 6.32. The minimum Gasteiger partial charge on any atom is -0.381 e. The lowest BCUT2D eigenvalue weighted by molar-refractivity contribution is -0.123. The lowest BCUT2D eigenvalue weighted by atomic mass is 9.85. The van der Waals surface area contributed by atoms with Gasteiger partial charge in [-0.1, -0.05) is 6.92 Å². The number of nitrogens with one attached hydrogen (secondary N) is 2. The number of benzene rings is 1. The zero-order valence-electron chi connectivity index (χ0n) is 18.0. The van der Waals surface area contributed by atoms with Crippen LogP contribution in [0.1, 0.15) is 43.0 Å². The van der Waals surface area contributed by atoms with Crippen molar-refractivity contribution in [2.45, 2.75) is 38.6 Å². The number of amides is 2. The summed E-state index contributed by atoms with van der Waals surface area (Å²) < 4.78 is 5.32. The molecule has 2 aliphatic heterocycles. The van der Waals surface area contributed by atoms with Crippen molar-refractivity contribution in [2.24, 2.45) is 5.41 Å². The van der Waals surface area contributed by atoms with E-state index in [0.717, 1.165) is 18.5 Å². The minimum atomic E-state index is -0.973. The van der Waals surface area contributed by atoms with Gasteiger partial charge in [-0.15, -0.1) is 0 Å². The van der Waals surface area contributed by atoms with Gasteiger partial charge < -0.3 is 15.4 Å². The Labute approximate surface area is 186 Å². The Morgan fingerprint density at radius 2 is 2.03 bits per heavy atom. The molecule has 2 aromatic rings. The van der Waals surface area contributed by atoms with Crippen LogP contribution in [-0.4, -0.2) is 47.6 Å². The minimum absolute atomic E-state index is 0.105. The van der Waals surface area contributed by atoms with Gasteiger partial charge in [0.2, 0.25) is 11.9 Å². The molecule has 0 unspecified atom stereocenters. The van der Waals surface area contributed by atoms with Crippen molar-refractivity contribution < 1.29 is 14.3 Å². The zero-order valence-corrected chi connectivity index (χ0v) is 18.0. The number of hydrogen-bond donors (Lipinski definition) is 2. The maximum atomic E-state index is 12.8. The Bertz CT molecular complexity index is 1030. The third kappa shape index (κ3) is 4.41. The van der Waals surface area contributed by atoms with Crippen molar-refractivity contribution in [3.8, 4) is 6.07 Å². The monoisotopic (exact) mass is 434 g/mol. The topological polar surface area (TPSA) is 120 Å². The van der Waals surface area contributed by atoms with Gasteiger partial charge in [0.25, 0.3) is 5.91 Å². The molecule has 2 N–H and O–H groups in total. The molecule has 0 radical (unpaired) electrons. The summed E-state index contributed by atoms with van der Waals surface area (Å²) >= 11 is 0. The number of anilines is 3. The highest BCUT2D eigenvalue weighted by molar-refractivity contribution is 6.01. The molecule has 32 heavy (non-hydrogen) atoms. The Balaban J connectivity index is 1.41. The van der Waals surface area contributed by atoms with Gasteiger partial charge in [0, 0.05) is 43.2 Å². The second kappa shape index (κ2) is 9.32. The highest BCUT2D eigenvalue weighted by Crippen LogP contribution is 2.36. The predicted octanol–water partition coefficient (Wildman–Crippen LogP) is 2.79. The molecule has 0 aliphatic carbocycles. The van der Waals surface area contributed by atoms with E-state index in [2.05, 4.69) is 26.7 Å². The lowest BCUT2D eigenvalue weighted by Crippen LogP contribution is -2.38. The summed E-state index contributed by atoms with van der Waals surface area (Å²) in [6.45, 7) is 3.65. The van der Waals surface area contributed by atoms with E-state index in [0.29, 0.717) is 49.9 Å². The maximum absolute atomic E-state index is 12.8. The summed E-state index contributed by atoms with van der Waals surface area (Å²) in [6.07, 6.45) is 4.19. The fourth-order valence-electron chi connectivity index (χ4n) is 4.00. The van der Waals surface area contributed by atoms with E-state index >= 15 is 0 Å². The van der Waals surface area contributed by atoms with Crippen LogP contribution < -0.4 is 15.5 Å². The summed E-state index contributed by atoms with van der Waals surface area (Å²) in [5.74, 6) is 0.476. The van der Waals surface area contributed by atoms with Gasteiger partial charge in [-0.05, 0) is 56.0 Å². The quantitative estimate of drug-likeness (QED) is 0.717. The number of aromatic nitrogens is 2. The summed E-state index contributed by atoms with van der Waals surface area (Å²) in [6, 6.07) is 11.0. The Hall–Kier alpha value is -3.51. The third-order valence-corrected chi connectivity index (χ3v) is 6.11. The van der Waals surface area contributed by atoms with Crippen LogP contribution in [0.25, 0.3) is 0 Å². The van der Waals surface area contributed by atoms with E-state index in [4.69, 9.17) is 4.74 Å². The van der Waals surface area contributed by atoms with Crippen molar-refractivity contribution in [3.63, 3.8) is 0 Å². The smallest absolute Gasteiger partial charge is 0.251 e. The molecule has 2 amide bonds. The van der Waals surface area contributed by atoms with Gasteiger partial charge in [-0.2, -0.15) is 10.2 Å². The fourth-order valence-corrected chi connectivity index (χ4v) is 4.00. The van der Waals surface area contributed by atoms with E-state index in [-0.39, 0.29) is 17.9 Å². The van der Waals surface area contributed by atoms with Crippen LogP contribution in [0.15, 0.2) is 36.5 Å². The Morgan fingerprint density at radius 1 is 1.28 bits per heavy atom. The van der Waals surface area contributed by atoms with E-state index in [1.165, 1.54) is 0 Å². The summed E-state index contributed by atoms with van der Waals surface area (Å²) in [4.78, 5) is 35.5. The molecular formula is C23H26N6O3. The number of hydrogen-bond acceptors (Lipinski definition) is 7. The normalized spacial score (nSPS) is 21.2. The van der Waals surface area contributed by atoms with E-state index < -0.39 is 5.41 Å². The number of ether oxygens (including phenoxy) is 1. The molecule has 3 heterocycles. The van der Waals surface area contributed by atoms with E-state index in [1.54, 1.807) is 41.4 Å². The number of carbonyl (C=O) groups is 2. The fraction of sp³-hybridized carbons (Fsp3) is 0.435. The highest BCUT2D eigenvalue weighted by Gasteiger charge is 2.46.